The van der Waals surface area contributed by atoms with Crippen LogP contribution < -0.4 is 0 Å². The SMILES string of the molecule is CC.O=C1CC(=O)C(C2CC(=O)OC2=O)C1.O=C1CC(=O)C(CC2CC3C(=O)OC(=O)C3c3ccccc32)C1.O=C1CC(=O)C2C3C=CC(C12)C1C(=O)OC(=O)C31.O=C1CC(=O)c2ccc3c4c(ccc1c24)C(=O)OC3=O.O=C1CC(C2CC3C(=O)CC(=O)C3c3ccccc32)C(=O)O1.O=C1CC(C2CCC3C(=O)CC(=O)C3C2)C(=O)O1.O=C1OC(=O)C2C3C=CC(C12)C1C2C(=O)CC(=O)C2C31. The van der Waals surface area contributed by atoms with Gasteiger partial charge in [0.05, 0.1) is 135 Å². The van der Waals surface area contributed by atoms with Crippen molar-refractivity contribution in [3.05, 3.63) is 142 Å². The summed E-state index contributed by atoms with van der Waals surface area (Å²) < 4.78 is 32.5. The number of cyclic esters (lactones) is 14. The molecule has 0 amide bonds. The van der Waals surface area contributed by atoms with Crippen molar-refractivity contribution in [1.29, 1.82) is 0 Å². The van der Waals surface area contributed by atoms with Gasteiger partial charge in [0.15, 0.2) is 11.6 Å². The normalized spacial score (nSPS) is 36.2. The van der Waals surface area contributed by atoms with E-state index >= 15 is 0 Å². The van der Waals surface area contributed by atoms with Crippen LogP contribution in [0, 0.1) is 142 Å². The fourth-order valence-electron chi connectivity index (χ4n) is 26.7. The molecule has 4 aromatic carbocycles. The molecule has 28 unspecified atom stereocenters. The molecule has 35 nitrogen and oxygen atoms in total. The molecule has 17 aliphatic carbocycles. The van der Waals surface area contributed by atoms with Crippen molar-refractivity contribution in [3.63, 3.8) is 0 Å². The number of hydrogen-bond acceptors (Lipinski definition) is 35. The monoisotopic (exact) mass is 1870 g/mol. The van der Waals surface area contributed by atoms with E-state index in [1.807, 2.05) is 86.7 Å². The van der Waals surface area contributed by atoms with Crippen LogP contribution in [0.1, 0.15) is 217 Å². The first-order chi connectivity index (χ1) is 65.5. The predicted molar refractivity (Wildman–Crippen MR) is 449 cm³/mol. The number of ether oxygens (including phenoxy) is 7. The number of benzene rings is 4. The van der Waals surface area contributed by atoms with Gasteiger partial charge in [-0.3, -0.25) is 125 Å². The Hall–Kier alpha value is -14.0. The van der Waals surface area contributed by atoms with Gasteiger partial charge in [0.25, 0.3) is 0 Å². The summed E-state index contributed by atoms with van der Waals surface area (Å²) >= 11 is 0. The number of rotatable bonds is 5. The van der Waals surface area contributed by atoms with Crippen LogP contribution >= 0.6 is 0 Å². The topological polar surface area (TPSA) is 543 Å². The highest BCUT2D eigenvalue weighted by atomic mass is 16.6. The van der Waals surface area contributed by atoms with E-state index in [1.165, 1.54) is 24.3 Å². The first-order valence-electron chi connectivity index (χ1n) is 46.3. The van der Waals surface area contributed by atoms with Crippen LogP contribution in [0.4, 0.5) is 0 Å². The van der Waals surface area contributed by atoms with Gasteiger partial charge in [0.2, 0.25) is 0 Å². The van der Waals surface area contributed by atoms with E-state index in [2.05, 4.69) is 23.7 Å². The Bertz CT molecular complexity index is 6080. The maximum absolute atomic E-state index is 12.2. The van der Waals surface area contributed by atoms with Crippen LogP contribution in [0.5, 0.6) is 0 Å². The van der Waals surface area contributed by atoms with Crippen LogP contribution in [-0.4, -0.2) is 165 Å². The fraction of sp³-hybridized carbons (Fsp3) is 0.471. The summed E-state index contributed by atoms with van der Waals surface area (Å²) in [4.78, 5) is 327. The van der Waals surface area contributed by atoms with E-state index in [1.54, 1.807) is 0 Å². The number of esters is 14. The van der Waals surface area contributed by atoms with Crippen molar-refractivity contribution < 1.29 is 167 Å². The minimum atomic E-state index is -0.753. The Balaban J connectivity index is 0.000000102. The highest BCUT2D eigenvalue weighted by molar-refractivity contribution is 6.33. The Morgan fingerprint density at radius 3 is 1.15 bits per heavy atom. The third kappa shape index (κ3) is 15.5. The highest BCUT2D eigenvalue weighted by Crippen LogP contribution is 2.68. The molecule has 28 rings (SSSR count). The minimum Gasteiger partial charge on any atom is -0.393 e. The molecule has 4 aromatic rings. The number of carbonyl (C=O) groups excluding carboxylic acids is 28. The zero-order valence-electron chi connectivity index (χ0n) is 73.4. The first kappa shape index (κ1) is 92.1. The van der Waals surface area contributed by atoms with Crippen molar-refractivity contribution in [2.45, 2.75) is 153 Å². The average Bonchev–Trinajstić information content (AvgIpc) is 1.55. The number of ketones is 14. The molecule has 28 atom stereocenters. The smallest absolute Gasteiger partial charge is 0.346 e. The molecule has 0 radical (unpaired) electrons. The average molecular weight is 1870 g/mol. The Morgan fingerprint density at radius 1 is 0.255 bits per heavy atom. The predicted octanol–water partition coefficient (Wildman–Crippen LogP) is 6.65. The number of fused-ring (bicyclic) bond motifs is 8. The van der Waals surface area contributed by atoms with Crippen molar-refractivity contribution >= 4 is 175 Å². The molecule has 24 aliphatic rings. The summed E-state index contributed by atoms with van der Waals surface area (Å²) in [7, 11) is 0. The second kappa shape index (κ2) is 35.3. The van der Waals surface area contributed by atoms with Gasteiger partial charge in [0.1, 0.15) is 69.4 Å². The number of hydrogen-bond donors (Lipinski definition) is 0. The lowest BCUT2D eigenvalue weighted by atomic mass is 9.40. The second-order valence-electron chi connectivity index (χ2n) is 39.0. The molecule has 0 aromatic heterocycles. The van der Waals surface area contributed by atoms with Crippen molar-refractivity contribution in [3.8, 4) is 0 Å². The van der Waals surface area contributed by atoms with Crippen LogP contribution in [0.3, 0.4) is 0 Å². The maximum atomic E-state index is 12.2. The molecule has 137 heavy (non-hydrogen) atoms. The molecular weight excluding hydrogens is 1790 g/mol. The zero-order valence-corrected chi connectivity index (χ0v) is 73.4. The Labute approximate surface area is 775 Å². The standard InChI is InChI=1S/C18H16O5.C17H14O5.C15H12O5.C15H6O5.C13H10O5.C13H14O5.C9H8O5.C2H6/c19-11-6-10(15(20)8-11)5-9-7-14-16(18(22)23-17(14)21)13-4-2-1-3-12(9)13;18-13-7-14(19)16-9-4-2-1-3-8(9)10(5-12(13)16)11-6-15(20)22-17(11)21;16-6-3-7(17)13-9-5-2-1-4(8(9)12(6)13)10-11(5)15(19)20-14(10)18;16-10-5-11(17)7-2-4-9-13-8(14(18)20-15(9)19)3-1-6(10)12(7)13;14-6-3-7(15)9-5-2-1-4(8(6)9)10-11(5)13(17)18-12(10)16;14-10-5-11(15)9-3-6(1-2-7(9)10)8-4-12(16)18-13(8)17;10-4-1-5(7(11)2-4)6-3-8(12)14-9(6)13;1-2/h1-4,9-10,14,16H,5-8H2;1-4,10-12,16H,5-7H2;1-2,4-5,8-13H,3H2;1-4H,5H2;1-2,4-5,8-11H,3H2;6-9H,1-5H2;5-6H,1-3H2;1-2H3. The molecule has 4 bridgehead atoms. The number of carbonyl (C=O) groups is 28. The lowest BCUT2D eigenvalue weighted by Gasteiger charge is -2.60. The lowest BCUT2D eigenvalue weighted by molar-refractivity contribution is -0.166. The van der Waals surface area contributed by atoms with Crippen molar-refractivity contribution in [2.24, 2.45) is 142 Å². The van der Waals surface area contributed by atoms with Crippen LogP contribution in [-0.2, 0) is 148 Å². The summed E-state index contributed by atoms with van der Waals surface area (Å²) in [6.07, 6.45) is 11.3. The minimum absolute atomic E-state index is 0.000297. The molecule has 6 saturated heterocycles. The van der Waals surface area contributed by atoms with Crippen LogP contribution in [0.15, 0.2) is 97.1 Å². The molecule has 10 saturated carbocycles. The Morgan fingerprint density at radius 2 is 0.657 bits per heavy atom. The quantitative estimate of drug-likeness (QED) is 0.0872. The summed E-state index contributed by atoms with van der Waals surface area (Å²) in [5.41, 5.74) is 4.76. The molecule has 704 valence electrons. The van der Waals surface area contributed by atoms with E-state index in [-0.39, 0.29) is 257 Å². The largest absolute Gasteiger partial charge is 0.393 e. The molecular formula is C102H86O35. The summed E-state index contributed by atoms with van der Waals surface area (Å²) in [6, 6.07) is 21.0. The fourth-order valence-corrected chi connectivity index (χ4v) is 26.7. The maximum Gasteiger partial charge on any atom is 0.346 e. The number of Topliss-reactive ketones (excluding diaryl/α,β-unsaturated/α-hetero) is 14. The van der Waals surface area contributed by atoms with Crippen molar-refractivity contribution in [1.82, 2.24) is 0 Å². The van der Waals surface area contributed by atoms with E-state index in [9.17, 15) is 134 Å². The molecule has 16 fully saturated rings. The van der Waals surface area contributed by atoms with Gasteiger partial charge in [-0.25, -0.2) is 9.59 Å². The molecule has 0 spiro atoms. The highest BCUT2D eigenvalue weighted by Gasteiger charge is 2.74. The van der Waals surface area contributed by atoms with Crippen molar-refractivity contribution in [2.75, 3.05) is 0 Å². The van der Waals surface area contributed by atoms with E-state index in [4.69, 9.17) is 9.47 Å². The molecule has 7 aliphatic heterocycles. The summed E-state index contributed by atoms with van der Waals surface area (Å²) in [5.74, 6) is -17.6. The molecule has 0 N–H and O–H groups in total. The van der Waals surface area contributed by atoms with Gasteiger partial charge >= 0.3 is 83.6 Å². The van der Waals surface area contributed by atoms with Gasteiger partial charge in [0, 0.05) is 99.8 Å². The van der Waals surface area contributed by atoms with Gasteiger partial charge in [-0.1, -0.05) is 86.7 Å². The van der Waals surface area contributed by atoms with Gasteiger partial charge in [-0.2, -0.15) is 0 Å². The second-order valence-corrected chi connectivity index (χ2v) is 39.0. The zero-order chi connectivity index (χ0) is 97.1. The summed E-state index contributed by atoms with van der Waals surface area (Å²) in [5, 5.41) is 0.744. The summed E-state index contributed by atoms with van der Waals surface area (Å²) in [6.45, 7) is 4.00. The van der Waals surface area contributed by atoms with Crippen LogP contribution in [0.25, 0.3) is 10.8 Å². The molecule has 7 heterocycles. The third-order valence-electron chi connectivity index (χ3n) is 32.3. The number of allylic oxidation sites excluding steroid dienone is 4. The van der Waals surface area contributed by atoms with E-state index in [0.717, 1.165) is 28.7 Å². The van der Waals surface area contributed by atoms with Gasteiger partial charge in [-0.05, 0) is 126 Å². The van der Waals surface area contributed by atoms with Gasteiger partial charge in [-0.15, -0.1) is 0 Å². The third-order valence-corrected chi connectivity index (χ3v) is 32.3. The Kier molecular flexibility index (Phi) is 23.7. The molecule has 35 heteroatoms. The van der Waals surface area contributed by atoms with E-state index < -0.39 is 155 Å². The lowest BCUT2D eigenvalue weighted by Crippen LogP contribution is -2.63. The van der Waals surface area contributed by atoms with Crippen LogP contribution in [0.2, 0.25) is 0 Å². The first-order valence-corrected chi connectivity index (χ1v) is 46.3. The van der Waals surface area contributed by atoms with Gasteiger partial charge < -0.3 is 33.2 Å². The van der Waals surface area contributed by atoms with E-state index in [0.29, 0.717) is 60.4 Å².